The maximum absolute atomic E-state index is 12.8. The van der Waals surface area contributed by atoms with E-state index < -0.39 is 0 Å². The van der Waals surface area contributed by atoms with Crippen molar-refractivity contribution in [3.63, 3.8) is 0 Å². The Morgan fingerprint density at radius 3 is 2.74 bits per heavy atom. The minimum Gasteiger partial charge on any atom is -0.396 e. The van der Waals surface area contributed by atoms with E-state index in [1.807, 2.05) is 24.6 Å². The minimum absolute atomic E-state index is 0.00651. The van der Waals surface area contributed by atoms with Crippen LogP contribution in [0.15, 0.2) is 17.6 Å². The van der Waals surface area contributed by atoms with Gasteiger partial charge in [-0.1, -0.05) is 20.8 Å². The van der Waals surface area contributed by atoms with Gasteiger partial charge in [-0.2, -0.15) is 0 Å². The van der Waals surface area contributed by atoms with Crippen LogP contribution in [0.1, 0.15) is 42.7 Å². The smallest absolute Gasteiger partial charge is 0.270 e. The second-order valence-electron chi connectivity index (χ2n) is 6.92. The van der Waals surface area contributed by atoms with Crippen molar-refractivity contribution in [2.24, 2.45) is 5.41 Å². The summed E-state index contributed by atoms with van der Waals surface area (Å²) in [6.07, 6.45) is 2.41. The molecule has 0 radical (unpaired) electrons. The van der Waals surface area contributed by atoms with Gasteiger partial charge in [0, 0.05) is 36.8 Å². The fraction of sp³-hybridized carbons (Fsp3) is 0.529. The zero-order chi connectivity index (χ0) is 17.0. The summed E-state index contributed by atoms with van der Waals surface area (Å²) >= 11 is 1.59. The van der Waals surface area contributed by atoms with Gasteiger partial charge in [0.15, 0.2) is 0 Å². The van der Waals surface area contributed by atoms with Crippen molar-refractivity contribution in [3.05, 3.63) is 28.3 Å². The highest BCUT2D eigenvalue weighted by molar-refractivity contribution is 7.09. The number of aliphatic hydroxyl groups is 1. The van der Waals surface area contributed by atoms with E-state index in [-0.39, 0.29) is 17.9 Å². The van der Waals surface area contributed by atoms with E-state index in [0.717, 1.165) is 16.3 Å². The molecule has 2 aromatic rings. The lowest BCUT2D eigenvalue weighted by molar-refractivity contribution is 0.0677. The first-order valence-electron chi connectivity index (χ1n) is 7.81. The molecule has 2 N–H and O–H groups in total. The first-order valence-corrected chi connectivity index (χ1v) is 8.69. The Hall–Kier alpha value is -1.66. The van der Waals surface area contributed by atoms with Crippen LogP contribution in [0.5, 0.6) is 0 Å². The van der Waals surface area contributed by atoms with Gasteiger partial charge in [-0.05, 0) is 24.8 Å². The quantitative estimate of drug-likeness (QED) is 0.851. The van der Waals surface area contributed by atoms with E-state index in [1.54, 1.807) is 16.2 Å². The number of hydrogen-bond donors (Lipinski definition) is 2. The van der Waals surface area contributed by atoms with Crippen LogP contribution in [0, 0.1) is 12.3 Å². The number of aromatic nitrogens is 2. The number of carbonyl (C=O) groups is 1. The van der Waals surface area contributed by atoms with Crippen molar-refractivity contribution in [1.82, 2.24) is 14.9 Å². The Kier molecular flexibility index (Phi) is 5.59. The number of aromatic amines is 1. The molecule has 126 valence electrons. The second kappa shape index (κ2) is 7.27. The van der Waals surface area contributed by atoms with E-state index in [0.29, 0.717) is 25.2 Å². The Morgan fingerprint density at radius 1 is 1.43 bits per heavy atom. The van der Waals surface area contributed by atoms with Crippen molar-refractivity contribution in [3.8, 4) is 11.3 Å². The summed E-state index contributed by atoms with van der Waals surface area (Å²) in [5, 5.41) is 12.1. The zero-order valence-electron chi connectivity index (χ0n) is 14.2. The van der Waals surface area contributed by atoms with E-state index in [2.05, 4.69) is 30.7 Å². The maximum Gasteiger partial charge on any atom is 0.270 e. The Morgan fingerprint density at radius 2 is 2.17 bits per heavy atom. The average Bonchev–Trinajstić information content (AvgIpc) is 3.10. The fourth-order valence-corrected chi connectivity index (χ4v) is 3.04. The summed E-state index contributed by atoms with van der Waals surface area (Å²) in [7, 11) is 0. The number of carbonyl (C=O) groups excluding carboxylic acids is 1. The molecule has 23 heavy (non-hydrogen) atoms. The third-order valence-electron chi connectivity index (χ3n) is 3.37. The minimum atomic E-state index is -0.0356. The van der Waals surface area contributed by atoms with Gasteiger partial charge in [0.2, 0.25) is 0 Å². The maximum atomic E-state index is 12.8. The first-order chi connectivity index (χ1) is 10.8. The number of thiazole rings is 1. The van der Waals surface area contributed by atoms with Crippen molar-refractivity contribution < 1.29 is 9.90 Å². The van der Waals surface area contributed by atoms with Gasteiger partial charge in [0.25, 0.3) is 5.91 Å². The average molecular weight is 335 g/mol. The number of aliphatic hydroxyl groups excluding tert-OH is 1. The van der Waals surface area contributed by atoms with Gasteiger partial charge in [-0.15, -0.1) is 11.3 Å². The van der Waals surface area contributed by atoms with Gasteiger partial charge in [0.05, 0.1) is 10.7 Å². The molecule has 2 aromatic heterocycles. The van der Waals surface area contributed by atoms with Gasteiger partial charge in [-0.3, -0.25) is 4.79 Å². The molecule has 1 amide bonds. The lowest BCUT2D eigenvalue weighted by atomic mass is 9.96. The van der Waals surface area contributed by atoms with E-state index in [4.69, 9.17) is 5.11 Å². The third-order valence-corrected chi connectivity index (χ3v) is 4.14. The van der Waals surface area contributed by atoms with Crippen LogP contribution in [0.25, 0.3) is 11.3 Å². The topological polar surface area (TPSA) is 69.2 Å². The third kappa shape index (κ3) is 4.91. The monoisotopic (exact) mass is 335 g/mol. The summed E-state index contributed by atoms with van der Waals surface area (Å²) in [5.74, 6) is -0.0356. The number of amides is 1. The Labute approximate surface area is 141 Å². The lowest BCUT2D eigenvalue weighted by Crippen LogP contribution is -2.38. The van der Waals surface area contributed by atoms with Crippen LogP contribution in [0.2, 0.25) is 0 Å². The van der Waals surface area contributed by atoms with Crippen LogP contribution >= 0.6 is 11.3 Å². The zero-order valence-corrected chi connectivity index (χ0v) is 15.0. The van der Waals surface area contributed by atoms with Crippen LogP contribution in [0.3, 0.4) is 0 Å². The normalized spacial score (nSPS) is 11.7. The molecular formula is C17H25N3O2S. The van der Waals surface area contributed by atoms with Gasteiger partial charge in [0.1, 0.15) is 5.69 Å². The predicted octanol–water partition coefficient (Wildman–Crippen LogP) is 3.32. The summed E-state index contributed by atoms with van der Waals surface area (Å²) in [5.41, 5.74) is 2.39. The molecule has 0 saturated carbocycles. The molecule has 0 fully saturated rings. The molecule has 0 aliphatic rings. The van der Waals surface area contributed by atoms with Crippen LogP contribution in [-0.4, -0.2) is 45.6 Å². The molecule has 0 unspecified atom stereocenters. The number of nitrogens with zero attached hydrogens (tertiary/aromatic N) is 2. The molecule has 6 heteroatoms. The van der Waals surface area contributed by atoms with Gasteiger partial charge < -0.3 is 15.0 Å². The molecule has 2 rings (SSSR count). The largest absolute Gasteiger partial charge is 0.396 e. The molecule has 0 atom stereocenters. The van der Waals surface area contributed by atoms with Crippen molar-refractivity contribution in [2.45, 2.75) is 34.1 Å². The molecule has 2 heterocycles. The van der Waals surface area contributed by atoms with E-state index >= 15 is 0 Å². The standard InChI is InChI=1S/C17H25N3O2S/c1-12-19-15(10-23-12)13-8-14(18-9-13)16(22)20(6-5-7-21)11-17(2,3)4/h8-10,18,21H,5-7,11H2,1-4H3. The molecule has 0 bridgehead atoms. The first kappa shape index (κ1) is 17.7. The van der Waals surface area contributed by atoms with Gasteiger partial charge >= 0.3 is 0 Å². The van der Waals surface area contributed by atoms with E-state index in [1.165, 1.54) is 0 Å². The summed E-state index contributed by atoms with van der Waals surface area (Å²) < 4.78 is 0. The summed E-state index contributed by atoms with van der Waals surface area (Å²) in [6.45, 7) is 9.56. The van der Waals surface area contributed by atoms with Crippen molar-refractivity contribution in [2.75, 3.05) is 19.7 Å². The second-order valence-corrected chi connectivity index (χ2v) is 7.98. The van der Waals surface area contributed by atoms with Crippen LogP contribution in [-0.2, 0) is 0 Å². The molecule has 0 aliphatic carbocycles. The molecular weight excluding hydrogens is 310 g/mol. The highest BCUT2D eigenvalue weighted by atomic mass is 32.1. The SMILES string of the molecule is Cc1nc(-c2c[nH]c(C(=O)N(CCCO)CC(C)(C)C)c2)cs1. The van der Waals surface area contributed by atoms with Gasteiger partial charge in [-0.25, -0.2) is 4.98 Å². The number of hydrogen-bond acceptors (Lipinski definition) is 4. The van der Waals surface area contributed by atoms with Crippen molar-refractivity contribution in [1.29, 1.82) is 0 Å². The Balaban J connectivity index is 2.17. The molecule has 0 aromatic carbocycles. The molecule has 0 aliphatic heterocycles. The number of H-pyrrole nitrogens is 1. The van der Waals surface area contributed by atoms with E-state index in [9.17, 15) is 4.79 Å². The number of rotatable bonds is 6. The summed E-state index contributed by atoms with van der Waals surface area (Å²) in [4.78, 5) is 22.1. The lowest BCUT2D eigenvalue weighted by Gasteiger charge is -2.29. The molecule has 0 saturated heterocycles. The molecule has 5 nitrogen and oxygen atoms in total. The van der Waals surface area contributed by atoms with Crippen LogP contribution < -0.4 is 0 Å². The van der Waals surface area contributed by atoms with Crippen LogP contribution in [0.4, 0.5) is 0 Å². The van der Waals surface area contributed by atoms with Crippen molar-refractivity contribution >= 4 is 17.2 Å². The molecule has 0 spiro atoms. The number of nitrogens with one attached hydrogen (secondary N) is 1. The summed E-state index contributed by atoms with van der Waals surface area (Å²) in [6, 6.07) is 1.85. The predicted molar refractivity (Wildman–Crippen MR) is 93.7 cm³/mol. The number of aryl methyl sites for hydroxylation is 1. The Bertz CT molecular complexity index is 655. The fourth-order valence-electron chi connectivity index (χ4n) is 2.42. The highest BCUT2D eigenvalue weighted by Crippen LogP contribution is 2.23. The highest BCUT2D eigenvalue weighted by Gasteiger charge is 2.23.